The molecule has 0 saturated heterocycles. The van der Waals surface area contributed by atoms with Gasteiger partial charge >= 0.3 is 0 Å². The number of benzene rings is 3. The molecule has 0 aliphatic heterocycles. The molecular formula is C23H16N4O6S. The maximum Gasteiger partial charge on any atom is 0.289 e. The fraction of sp³-hybridized carbons (Fsp3) is 0.0435. The van der Waals surface area contributed by atoms with Gasteiger partial charge in [-0.2, -0.15) is 0 Å². The molecule has 0 atom stereocenters. The van der Waals surface area contributed by atoms with Gasteiger partial charge in [0.2, 0.25) is 0 Å². The summed E-state index contributed by atoms with van der Waals surface area (Å²) in [5.74, 6) is -0.115. The Morgan fingerprint density at radius 3 is 2.26 bits per heavy atom. The van der Waals surface area contributed by atoms with Gasteiger partial charge in [0.05, 0.1) is 33.6 Å². The van der Waals surface area contributed by atoms with E-state index in [-0.39, 0.29) is 10.7 Å². The molecule has 3 aromatic carbocycles. The Morgan fingerprint density at radius 1 is 0.941 bits per heavy atom. The number of methoxy groups -OCH3 is 1. The number of non-ortho nitro benzene ring substituents is 1. The normalized spacial score (nSPS) is 10.5. The number of nitro groups is 2. The number of hydrogen-bond donors (Lipinski definition) is 1. The average molecular weight is 476 g/mol. The Morgan fingerprint density at radius 2 is 1.65 bits per heavy atom. The summed E-state index contributed by atoms with van der Waals surface area (Å²) >= 11 is 1.21. The van der Waals surface area contributed by atoms with E-state index >= 15 is 0 Å². The zero-order chi connectivity index (χ0) is 24.2. The lowest BCUT2D eigenvalue weighted by molar-refractivity contribution is -0.394. The molecule has 0 saturated carbocycles. The van der Waals surface area contributed by atoms with Crippen molar-refractivity contribution >= 4 is 33.8 Å². The van der Waals surface area contributed by atoms with Crippen molar-refractivity contribution in [3.63, 3.8) is 0 Å². The SMILES string of the molecule is COc1ccc(-c2nc(NC(=O)c3ccc([N+](=O)[O-])cc3[N+](=O)[O-])sc2-c2ccccc2)cc1. The number of thiazole rings is 1. The molecule has 0 bridgehead atoms. The average Bonchev–Trinajstić information content (AvgIpc) is 3.27. The monoisotopic (exact) mass is 476 g/mol. The highest BCUT2D eigenvalue weighted by molar-refractivity contribution is 7.19. The summed E-state index contributed by atoms with van der Waals surface area (Å²) in [7, 11) is 1.57. The van der Waals surface area contributed by atoms with Crippen molar-refractivity contribution in [2.75, 3.05) is 12.4 Å². The number of anilines is 1. The lowest BCUT2D eigenvalue weighted by Crippen LogP contribution is -2.14. The molecule has 4 rings (SSSR count). The summed E-state index contributed by atoms with van der Waals surface area (Å²) in [6.45, 7) is 0. The van der Waals surface area contributed by atoms with Crippen LogP contribution < -0.4 is 10.1 Å². The van der Waals surface area contributed by atoms with E-state index < -0.39 is 27.1 Å². The quantitative estimate of drug-likeness (QED) is 0.272. The van der Waals surface area contributed by atoms with E-state index in [2.05, 4.69) is 10.3 Å². The second-order valence-electron chi connectivity index (χ2n) is 6.96. The van der Waals surface area contributed by atoms with Crippen LogP contribution in [0.4, 0.5) is 16.5 Å². The fourth-order valence-electron chi connectivity index (χ4n) is 3.24. The topological polar surface area (TPSA) is 138 Å². The second-order valence-corrected chi connectivity index (χ2v) is 7.96. The van der Waals surface area contributed by atoms with Crippen molar-refractivity contribution in [3.8, 4) is 27.4 Å². The maximum atomic E-state index is 12.9. The lowest BCUT2D eigenvalue weighted by Gasteiger charge is -2.04. The van der Waals surface area contributed by atoms with Crippen LogP contribution in [0.15, 0.2) is 72.8 Å². The van der Waals surface area contributed by atoms with Crippen molar-refractivity contribution in [2.45, 2.75) is 0 Å². The molecule has 0 aliphatic rings. The van der Waals surface area contributed by atoms with E-state index in [1.54, 1.807) is 19.2 Å². The van der Waals surface area contributed by atoms with Gasteiger partial charge in [0, 0.05) is 11.6 Å². The number of hydrogen-bond acceptors (Lipinski definition) is 8. The Bertz CT molecular complexity index is 1390. The third-order valence-electron chi connectivity index (χ3n) is 4.88. The highest BCUT2D eigenvalue weighted by Crippen LogP contribution is 2.39. The molecule has 0 fully saturated rings. The number of aromatic nitrogens is 1. The Kier molecular flexibility index (Phi) is 6.28. The van der Waals surface area contributed by atoms with Crippen molar-refractivity contribution < 1.29 is 19.4 Å². The molecule has 1 aromatic heterocycles. The van der Waals surface area contributed by atoms with Crippen molar-refractivity contribution in [1.82, 2.24) is 4.98 Å². The first kappa shape index (κ1) is 22.6. The van der Waals surface area contributed by atoms with Crippen LogP contribution in [0, 0.1) is 20.2 Å². The van der Waals surface area contributed by atoms with Crippen LogP contribution in [0.5, 0.6) is 5.75 Å². The lowest BCUT2D eigenvalue weighted by atomic mass is 10.1. The largest absolute Gasteiger partial charge is 0.497 e. The number of carbonyl (C=O) groups excluding carboxylic acids is 1. The second kappa shape index (κ2) is 9.46. The van der Waals surface area contributed by atoms with E-state index in [0.29, 0.717) is 11.4 Å². The third-order valence-corrected chi connectivity index (χ3v) is 5.90. The first-order valence-corrected chi connectivity index (χ1v) is 10.6. The van der Waals surface area contributed by atoms with Gasteiger partial charge in [0.25, 0.3) is 17.3 Å². The molecule has 0 spiro atoms. The summed E-state index contributed by atoms with van der Waals surface area (Å²) in [6, 6.07) is 19.6. The van der Waals surface area contributed by atoms with Gasteiger partial charge in [0.15, 0.2) is 5.13 Å². The van der Waals surface area contributed by atoms with E-state index in [4.69, 9.17) is 4.74 Å². The molecule has 10 nitrogen and oxygen atoms in total. The van der Waals surface area contributed by atoms with Crippen LogP contribution in [0.2, 0.25) is 0 Å². The van der Waals surface area contributed by atoms with Gasteiger partial charge in [-0.1, -0.05) is 41.7 Å². The van der Waals surface area contributed by atoms with Gasteiger partial charge in [-0.3, -0.25) is 30.3 Å². The van der Waals surface area contributed by atoms with Crippen LogP contribution in [-0.4, -0.2) is 27.8 Å². The van der Waals surface area contributed by atoms with E-state index in [9.17, 15) is 25.0 Å². The van der Waals surface area contributed by atoms with Crippen LogP contribution in [0.1, 0.15) is 10.4 Å². The maximum absolute atomic E-state index is 12.9. The molecule has 1 N–H and O–H groups in total. The van der Waals surface area contributed by atoms with Crippen LogP contribution in [0.3, 0.4) is 0 Å². The summed E-state index contributed by atoms with van der Waals surface area (Å²) < 4.78 is 5.21. The summed E-state index contributed by atoms with van der Waals surface area (Å²) in [6.07, 6.45) is 0. The molecule has 1 heterocycles. The first-order valence-electron chi connectivity index (χ1n) is 9.82. The number of nitrogens with one attached hydrogen (secondary N) is 1. The van der Waals surface area contributed by atoms with Crippen LogP contribution >= 0.6 is 11.3 Å². The van der Waals surface area contributed by atoms with Gasteiger partial charge in [-0.15, -0.1) is 0 Å². The molecule has 4 aromatic rings. The van der Waals surface area contributed by atoms with Crippen LogP contribution in [0.25, 0.3) is 21.7 Å². The van der Waals surface area contributed by atoms with E-state index in [1.165, 1.54) is 11.3 Å². The molecule has 11 heteroatoms. The first-order chi connectivity index (χ1) is 16.4. The highest BCUT2D eigenvalue weighted by atomic mass is 32.1. The standard InChI is InChI=1S/C23H16N4O6S/c1-33-17-10-7-14(8-11-17)20-21(15-5-3-2-4-6-15)34-23(24-20)25-22(28)18-12-9-16(26(29)30)13-19(18)27(31)32/h2-13H,1H3,(H,24,25,28). The minimum absolute atomic E-state index is 0.224. The predicted molar refractivity (Wildman–Crippen MR) is 127 cm³/mol. The summed E-state index contributed by atoms with van der Waals surface area (Å²) in [5, 5.41) is 25.2. The molecule has 0 radical (unpaired) electrons. The molecule has 170 valence electrons. The minimum atomic E-state index is -0.831. The van der Waals surface area contributed by atoms with E-state index in [0.717, 1.165) is 34.2 Å². The van der Waals surface area contributed by atoms with Crippen molar-refractivity contribution in [2.24, 2.45) is 0 Å². The molecule has 0 unspecified atom stereocenters. The number of carbonyl (C=O) groups is 1. The number of ether oxygens (including phenoxy) is 1. The predicted octanol–water partition coefficient (Wildman–Crippen LogP) is 5.55. The van der Waals surface area contributed by atoms with E-state index in [1.807, 2.05) is 42.5 Å². The summed E-state index contributed by atoms with van der Waals surface area (Å²) in [5.41, 5.74) is 0.836. The Labute approximate surface area is 196 Å². The van der Waals surface area contributed by atoms with Crippen LogP contribution in [-0.2, 0) is 0 Å². The van der Waals surface area contributed by atoms with Gasteiger partial charge < -0.3 is 4.74 Å². The molecule has 0 aliphatic carbocycles. The molecule has 34 heavy (non-hydrogen) atoms. The number of rotatable bonds is 7. The van der Waals surface area contributed by atoms with Gasteiger partial charge in [-0.05, 0) is 35.9 Å². The van der Waals surface area contributed by atoms with Crippen molar-refractivity contribution in [3.05, 3.63) is 98.6 Å². The Hall–Kier alpha value is -4.64. The Balaban J connectivity index is 1.73. The highest BCUT2D eigenvalue weighted by Gasteiger charge is 2.25. The third kappa shape index (κ3) is 4.59. The summed E-state index contributed by atoms with van der Waals surface area (Å²) in [4.78, 5) is 39.0. The minimum Gasteiger partial charge on any atom is -0.497 e. The number of nitrogens with zero attached hydrogens (tertiary/aromatic N) is 3. The smallest absolute Gasteiger partial charge is 0.289 e. The zero-order valence-electron chi connectivity index (χ0n) is 17.6. The molecular weight excluding hydrogens is 460 g/mol. The number of nitro benzene ring substituents is 2. The van der Waals surface area contributed by atoms with Gasteiger partial charge in [0.1, 0.15) is 11.3 Å². The molecule has 1 amide bonds. The van der Waals surface area contributed by atoms with Gasteiger partial charge in [-0.25, -0.2) is 4.98 Å². The number of amides is 1. The fourth-order valence-corrected chi connectivity index (χ4v) is 4.23. The van der Waals surface area contributed by atoms with Crippen molar-refractivity contribution in [1.29, 1.82) is 0 Å². The zero-order valence-corrected chi connectivity index (χ0v) is 18.4.